The van der Waals surface area contributed by atoms with Gasteiger partial charge in [0, 0.05) is 6.04 Å². The van der Waals surface area contributed by atoms with Crippen LogP contribution in [-0.4, -0.2) is 28.6 Å². The molecule has 5 heteroatoms. The van der Waals surface area contributed by atoms with Crippen molar-refractivity contribution in [1.29, 1.82) is 0 Å². The summed E-state index contributed by atoms with van der Waals surface area (Å²) in [7, 11) is 0. The fourth-order valence-electron chi connectivity index (χ4n) is 1.86. The van der Waals surface area contributed by atoms with Crippen LogP contribution in [0.15, 0.2) is 21.2 Å². The Labute approximate surface area is 102 Å². The van der Waals surface area contributed by atoms with E-state index < -0.39 is 5.97 Å². The summed E-state index contributed by atoms with van der Waals surface area (Å²) < 4.78 is 6.15. The highest BCUT2D eigenvalue weighted by atomic mass is 79.9. The normalized spacial score (nSPS) is 17.7. The van der Waals surface area contributed by atoms with Crippen LogP contribution in [-0.2, 0) is 4.79 Å². The van der Waals surface area contributed by atoms with Gasteiger partial charge in [0.1, 0.15) is 5.76 Å². The van der Waals surface area contributed by atoms with Gasteiger partial charge < -0.3 is 9.52 Å². The largest absolute Gasteiger partial charge is 0.480 e. The SMILES string of the molecule is CC(c1ccc(Br)o1)N(CC(=O)O)C1CC1. The molecule has 1 fully saturated rings. The zero-order valence-electron chi connectivity index (χ0n) is 9.02. The molecule has 1 aliphatic rings. The van der Waals surface area contributed by atoms with Crippen molar-refractivity contribution in [2.45, 2.75) is 31.8 Å². The highest BCUT2D eigenvalue weighted by Crippen LogP contribution is 2.34. The molecule has 1 aromatic rings. The Morgan fingerprint density at radius 2 is 2.38 bits per heavy atom. The van der Waals surface area contributed by atoms with E-state index in [4.69, 9.17) is 9.52 Å². The molecule has 1 aliphatic carbocycles. The van der Waals surface area contributed by atoms with Crippen molar-refractivity contribution in [3.63, 3.8) is 0 Å². The van der Waals surface area contributed by atoms with Gasteiger partial charge in [0.25, 0.3) is 0 Å². The molecule has 4 nitrogen and oxygen atoms in total. The first-order valence-electron chi connectivity index (χ1n) is 5.30. The summed E-state index contributed by atoms with van der Waals surface area (Å²) in [4.78, 5) is 12.8. The summed E-state index contributed by atoms with van der Waals surface area (Å²) in [5.74, 6) is 0.0180. The van der Waals surface area contributed by atoms with E-state index in [2.05, 4.69) is 15.9 Å². The molecule has 1 heterocycles. The smallest absolute Gasteiger partial charge is 0.317 e. The lowest BCUT2D eigenvalue weighted by Gasteiger charge is -2.25. The number of carboxylic acid groups (broad SMARTS) is 1. The number of rotatable bonds is 5. The van der Waals surface area contributed by atoms with Gasteiger partial charge in [-0.05, 0) is 47.8 Å². The van der Waals surface area contributed by atoms with Crippen LogP contribution in [0.2, 0.25) is 0 Å². The molecular formula is C11H14BrNO3. The van der Waals surface area contributed by atoms with E-state index in [1.807, 2.05) is 24.0 Å². The lowest BCUT2D eigenvalue weighted by Crippen LogP contribution is -2.34. The number of aliphatic carboxylic acids is 1. The van der Waals surface area contributed by atoms with Crippen molar-refractivity contribution in [2.24, 2.45) is 0 Å². The minimum absolute atomic E-state index is 0.00917. The number of hydrogen-bond acceptors (Lipinski definition) is 3. The van der Waals surface area contributed by atoms with Gasteiger partial charge in [0.05, 0.1) is 12.6 Å². The number of halogens is 1. The van der Waals surface area contributed by atoms with Gasteiger partial charge in [-0.2, -0.15) is 0 Å². The third-order valence-electron chi connectivity index (χ3n) is 2.84. The third kappa shape index (κ3) is 2.65. The molecule has 0 radical (unpaired) electrons. The topological polar surface area (TPSA) is 53.7 Å². The van der Waals surface area contributed by atoms with Crippen LogP contribution >= 0.6 is 15.9 Å². The van der Waals surface area contributed by atoms with Gasteiger partial charge in [0.15, 0.2) is 4.67 Å². The van der Waals surface area contributed by atoms with Crippen molar-refractivity contribution in [3.8, 4) is 0 Å². The molecule has 0 aromatic carbocycles. The van der Waals surface area contributed by atoms with Crippen LogP contribution in [0.5, 0.6) is 0 Å². The van der Waals surface area contributed by atoms with Crippen LogP contribution in [0.3, 0.4) is 0 Å². The molecule has 16 heavy (non-hydrogen) atoms. The minimum atomic E-state index is -0.788. The molecule has 1 N–H and O–H groups in total. The molecule has 1 unspecified atom stereocenters. The Morgan fingerprint density at radius 1 is 1.69 bits per heavy atom. The second kappa shape index (κ2) is 4.59. The maximum Gasteiger partial charge on any atom is 0.317 e. The molecule has 0 saturated heterocycles. The van der Waals surface area contributed by atoms with Crippen LogP contribution in [0.25, 0.3) is 0 Å². The monoisotopic (exact) mass is 287 g/mol. The number of nitrogens with zero attached hydrogens (tertiary/aromatic N) is 1. The van der Waals surface area contributed by atoms with Crippen molar-refractivity contribution in [1.82, 2.24) is 4.90 Å². The van der Waals surface area contributed by atoms with E-state index in [9.17, 15) is 4.79 Å². The average Bonchev–Trinajstić information content (AvgIpc) is 2.96. The lowest BCUT2D eigenvalue weighted by molar-refractivity contribution is -0.139. The molecular weight excluding hydrogens is 274 g/mol. The average molecular weight is 288 g/mol. The third-order valence-corrected chi connectivity index (χ3v) is 3.26. The predicted molar refractivity (Wildman–Crippen MR) is 62.2 cm³/mol. The van der Waals surface area contributed by atoms with Gasteiger partial charge in [0.2, 0.25) is 0 Å². The van der Waals surface area contributed by atoms with E-state index in [1.165, 1.54) is 0 Å². The zero-order chi connectivity index (χ0) is 11.7. The first kappa shape index (κ1) is 11.7. The fraction of sp³-hybridized carbons (Fsp3) is 0.545. The summed E-state index contributed by atoms with van der Waals surface area (Å²) in [6, 6.07) is 4.12. The zero-order valence-corrected chi connectivity index (χ0v) is 10.6. The van der Waals surface area contributed by atoms with Crippen LogP contribution < -0.4 is 0 Å². The van der Waals surface area contributed by atoms with Crippen molar-refractivity contribution in [3.05, 3.63) is 22.6 Å². The summed E-state index contributed by atoms with van der Waals surface area (Å²) in [6.07, 6.45) is 2.17. The summed E-state index contributed by atoms with van der Waals surface area (Å²) >= 11 is 3.25. The van der Waals surface area contributed by atoms with E-state index in [0.717, 1.165) is 18.6 Å². The summed E-state index contributed by atoms with van der Waals surface area (Å²) in [5, 5.41) is 8.88. The quantitative estimate of drug-likeness (QED) is 0.905. The molecule has 1 aromatic heterocycles. The number of furan rings is 1. The maximum absolute atomic E-state index is 10.8. The van der Waals surface area contributed by atoms with Gasteiger partial charge in [-0.15, -0.1) is 0 Å². The van der Waals surface area contributed by atoms with E-state index in [1.54, 1.807) is 0 Å². The predicted octanol–water partition coefficient (Wildman–Crippen LogP) is 2.65. The maximum atomic E-state index is 10.8. The molecule has 0 aliphatic heterocycles. The number of carboxylic acids is 1. The molecule has 0 bridgehead atoms. The number of hydrogen-bond donors (Lipinski definition) is 1. The highest BCUT2D eigenvalue weighted by molar-refractivity contribution is 9.10. The summed E-state index contributed by atoms with van der Waals surface area (Å²) in [6.45, 7) is 2.05. The Balaban J connectivity index is 2.10. The Hall–Kier alpha value is -0.810. The molecule has 0 amide bonds. The molecule has 1 saturated carbocycles. The molecule has 0 spiro atoms. The molecule has 88 valence electrons. The summed E-state index contributed by atoms with van der Waals surface area (Å²) in [5.41, 5.74) is 0. The Kier molecular flexibility index (Phi) is 3.35. The fourth-order valence-corrected chi connectivity index (χ4v) is 2.18. The van der Waals surface area contributed by atoms with Crippen molar-refractivity contribution >= 4 is 21.9 Å². The molecule has 1 atom stereocenters. The van der Waals surface area contributed by atoms with Gasteiger partial charge in [-0.25, -0.2) is 0 Å². The van der Waals surface area contributed by atoms with E-state index in [-0.39, 0.29) is 12.6 Å². The van der Waals surface area contributed by atoms with E-state index >= 15 is 0 Å². The highest BCUT2D eigenvalue weighted by Gasteiger charge is 2.34. The van der Waals surface area contributed by atoms with Crippen molar-refractivity contribution in [2.75, 3.05) is 6.54 Å². The standard InChI is InChI=1S/C11H14BrNO3/c1-7(9-4-5-10(12)16-9)13(6-11(14)15)8-2-3-8/h4-5,7-8H,2-3,6H2,1H3,(H,14,15). The second-order valence-electron chi connectivity index (χ2n) is 4.12. The van der Waals surface area contributed by atoms with Crippen LogP contribution in [0.4, 0.5) is 0 Å². The van der Waals surface area contributed by atoms with Gasteiger partial charge >= 0.3 is 5.97 Å². The van der Waals surface area contributed by atoms with Crippen LogP contribution in [0, 0.1) is 0 Å². The minimum Gasteiger partial charge on any atom is -0.480 e. The Morgan fingerprint density at radius 3 is 2.81 bits per heavy atom. The van der Waals surface area contributed by atoms with Gasteiger partial charge in [-0.1, -0.05) is 0 Å². The second-order valence-corrected chi connectivity index (χ2v) is 4.90. The Bertz CT molecular complexity index is 386. The first-order valence-corrected chi connectivity index (χ1v) is 6.10. The first-order chi connectivity index (χ1) is 7.58. The van der Waals surface area contributed by atoms with Crippen LogP contribution in [0.1, 0.15) is 31.6 Å². The van der Waals surface area contributed by atoms with Gasteiger partial charge in [-0.3, -0.25) is 9.69 Å². The number of carbonyl (C=O) groups is 1. The van der Waals surface area contributed by atoms with Crippen molar-refractivity contribution < 1.29 is 14.3 Å². The molecule has 2 rings (SSSR count). The van der Waals surface area contributed by atoms with E-state index in [0.29, 0.717) is 10.7 Å². The lowest BCUT2D eigenvalue weighted by atomic mass is 10.2.